The maximum absolute atomic E-state index is 11.2. The van der Waals surface area contributed by atoms with Crippen LogP contribution in [0.3, 0.4) is 0 Å². The second-order valence-corrected chi connectivity index (χ2v) is 4.68. The number of hydrogen-bond acceptors (Lipinski definition) is 3. The van der Waals surface area contributed by atoms with Crippen LogP contribution in [-0.4, -0.2) is 10.9 Å². The predicted octanol–water partition coefficient (Wildman–Crippen LogP) is 2.56. The van der Waals surface area contributed by atoms with E-state index in [0.717, 1.165) is 10.0 Å². The van der Waals surface area contributed by atoms with Gasteiger partial charge in [0, 0.05) is 23.4 Å². The molecule has 0 aliphatic rings. The van der Waals surface area contributed by atoms with E-state index in [1.54, 1.807) is 12.3 Å². The van der Waals surface area contributed by atoms with Crippen LogP contribution in [-0.2, 0) is 6.54 Å². The van der Waals surface area contributed by atoms with E-state index in [1.807, 2.05) is 24.3 Å². The van der Waals surface area contributed by atoms with Crippen molar-refractivity contribution in [3.8, 4) is 0 Å². The Labute approximate surface area is 113 Å². The summed E-state index contributed by atoms with van der Waals surface area (Å²) in [5.41, 5.74) is 7.48. The van der Waals surface area contributed by atoms with Crippen LogP contribution in [0.4, 0.5) is 5.69 Å². The average Bonchev–Trinajstić information content (AvgIpc) is 2.37. The van der Waals surface area contributed by atoms with Crippen molar-refractivity contribution >= 4 is 27.5 Å². The third kappa shape index (κ3) is 3.07. The van der Waals surface area contributed by atoms with Gasteiger partial charge in [0.05, 0.1) is 11.3 Å². The lowest BCUT2D eigenvalue weighted by Crippen LogP contribution is -2.14. The molecular formula is C13H12BrN3O. The first-order valence-corrected chi connectivity index (χ1v) is 6.18. The summed E-state index contributed by atoms with van der Waals surface area (Å²) in [5, 5.41) is 3.18. The summed E-state index contributed by atoms with van der Waals surface area (Å²) in [7, 11) is 0. The van der Waals surface area contributed by atoms with Crippen molar-refractivity contribution in [1.29, 1.82) is 0 Å². The smallest absolute Gasteiger partial charge is 0.252 e. The van der Waals surface area contributed by atoms with E-state index in [0.29, 0.717) is 17.8 Å². The largest absolute Gasteiger partial charge is 0.380 e. The van der Waals surface area contributed by atoms with Gasteiger partial charge in [-0.1, -0.05) is 28.1 Å². The number of nitrogens with two attached hydrogens (primary N) is 1. The number of amides is 1. The third-order valence-electron chi connectivity index (χ3n) is 2.46. The summed E-state index contributed by atoms with van der Waals surface area (Å²) in [5.74, 6) is -0.486. The Morgan fingerprint density at radius 1 is 1.39 bits per heavy atom. The van der Waals surface area contributed by atoms with Gasteiger partial charge in [0.15, 0.2) is 0 Å². The molecule has 0 atom stereocenters. The lowest BCUT2D eigenvalue weighted by atomic mass is 10.2. The normalized spacial score (nSPS) is 10.1. The predicted molar refractivity (Wildman–Crippen MR) is 74.2 cm³/mol. The molecular weight excluding hydrogens is 294 g/mol. The Morgan fingerprint density at radius 2 is 2.22 bits per heavy atom. The number of carbonyl (C=O) groups excluding carboxylic acids is 1. The Kier molecular flexibility index (Phi) is 3.94. The SMILES string of the molecule is NC(=O)c1cnccc1NCc1cccc(Br)c1. The lowest BCUT2D eigenvalue weighted by molar-refractivity contribution is 0.100. The molecule has 3 N–H and O–H groups in total. The summed E-state index contributed by atoms with van der Waals surface area (Å²) in [4.78, 5) is 15.1. The van der Waals surface area contributed by atoms with Crippen LogP contribution >= 0.6 is 15.9 Å². The van der Waals surface area contributed by atoms with Gasteiger partial charge in [-0.25, -0.2) is 0 Å². The number of pyridine rings is 1. The monoisotopic (exact) mass is 305 g/mol. The van der Waals surface area contributed by atoms with Crippen molar-refractivity contribution in [2.75, 3.05) is 5.32 Å². The molecule has 0 spiro atoms. The Morgan fingerprint density at radius 3 is 2.94 bits per heavy atom. The molecule has 0 saturated carbocycles. The van der Waals surface area contributed by atoms with Gasteiger partial charge in [0.25, 0.3) is 5.91 Å². The molecule has 2 aromatic rings. The highest BCUT2D eigenvalue weighted by Crippen LogP contribution is 2.16. The average molecular weight is 306 g/mol. The molecule has 0 radical (unpaired) electrons. The van der Waals surface area contributed by atoms with Crippen molar-refractivity contribution in [3.63, 3.8) is 0 Å². The standard InChI is InChI=1S/C13H12BrN3O/c14-10-3-1-2-9(6-10)7-17-12-4-5-16-8-11(12)13(15)18/h1-6,8H,7H2,(H2,15,18)(H,16,17). The van der Waals surface area contributed by atoms with Gasteiger partial charge in [-0.15, -0.1) is 0 Å². The van der Waals surface area contributed by atoms with Crippen LogP contribution < -0.4 is 11.1 Å². The number of nitrogens with zero attached hydrogens (tertiary/aromatic N) is 1. The molecule has 1 aromatic carbocycles. The molecule has 1 heterocycles. The molecule has 5 heteroatoms. The first-order chi connectivity index (χ1) is 8.66. The Hall–Kier alpha value is -1.88. The fourth-order valence-electron chi connectivity index (χ4n) is 1.59. The topological polar surface area (TPSA) is 68.0 Å². The minimum Gasteiger partial charge on any atom is -0.380 e. The number of primary amides is 1. The summed E-state index contributed by atoms with van der Waals surface area (Å²) >= 11 is 3.41. The van der Waals surface area contributed by atoms with Crippen molar-refractivity contribution in [2.24, 2.45) is 5.73 Å². The van der Waals surface area contributed by atoms with Gasteiger partial charge in [0.2, 0.25) is 0 Å². The van der Waals surface area contributed by atoms with E-state index in [1.165, 1.54) is 6.20 Å². The molecule has 0 fully saturated rings. The zero-order valence-corrected chi connectivity index (χ0v) is 11.1. The quantitative estimate of drug-likeness (QED) is 0.912. The van der Waals surface area contributed by atoms with Crippen molar-refractivity contribution in [3.05, 3.63) is 58.3 Å². The van der Waals surface area contributed by atoms with Crippen LogP contribution in [0.2, 0.25) is 0 Å². The van der Waals surface area contributed by atoms with Crippen LogP contribution in [0.15, 0.2) is 47.2 Å². The first-order valence-electron chi connectivity index (χ1n) is 5.39. The van der Waals surface area contributed by atoms with Crippen LogP contribution in [0.1, 0.15) is 15.9 Å². The molecule has 0 aliphatic heterocycles. The molecule has 0 saturated heterocycles. The van der Waals surface area contributed by atoms with Crippen molar-refractivity contribution < 1.29 is 4.79 Å². The number of nitrogens with one attached hydrogen (secondary N) is 1. The Balaban J connectivity index is 2.13. The van der Waals surface area contributed by atoms with Gasteiger partial charge in [-0.05, 0) is 23.8 Å². The number of rotatable bonds is 4. The number of hydrogen-bond donors (Lipinski definition) is 2. The highest BCUT2D eigenvalue weighted by molar-refractivity contribution is 9.10. The number of anilines is 1. The fourth-order valence-corrected chi connectivity index (χ4v) is 2.04. The second-order valence-electron chi connectivity index (χ2n) is 3.77. The van der Waals surface area contributed by atoms with E-state index < -0.39 is 5.91 Å². The molecule has 92 valence electrons. The van der Waals surface area contributed by atoms with E-state index in [9.17, 15) is 4.79 Å². The zero-order chi connectivity index (χ0) is 13.0. The molecule has 0 unspecified atom stereocenters. The summed E-state index contributed by atoms with van der Waals surface area (Å²) < 4.78 is 1.02. The van der Waals surface area contributed by atoms with Crippen LogP contribution in [0.5, 0.6) is 0 Å². The highest BCUT2D eigenvalue weighted by Gasteiger charge is 2.07. The molecule has 2 rings (SSSR count). The molecule has 0 bridgehead atoms. The third-order valence-corrected chi connectivity index (χ3v) is 2.95. The zero-order valence-electron chi connectivity index (χ0n) is 9.56. The fraction of sp³-hybridized carbons (Fsp3) is 0.0769. The number of aromatic nitrogens is 1. The second kappa shape index (κ2) is 5.64. The van der Waals surface area contributed by atoms with E-state index in [4.69, 9.17) is 5.73 Å². The van der Waals surface area contributed by atoms with E-state index >= 15 is 0 Å². The van der Waals surface area contributed by atoms with Gasteiger partial charge in [-0.2, -0.15) is 0 Å². The highest BCUT2D eigenvalue weighted by atomic mass is 79.9. The summed E-state index contributed by atoms with van der Waals surface area (Å²) in [6, 6.07) is 9.67. The number of carbonyl (C=O) groups is 1. The maximum atomic E-state index is 11.2. The van der Waals surface area contributed by atoms with Gasteiger partial charge in [0.1, 0.15) is 0 Å². The maximum Gasteiger partial charge on any atom is 0.252 e. The van der Waals surface area contributed by atoms with E-state index in [2.05, 4.69) is 26.2 Å². The first kappa shape index (κ1) is 12.6. The van der Waals surface area contributed by atoms with Crippen molar-refractivity contribution in [1.82, 2.24) is 4.98 Å². The van der Waals surface area contributed by atoms with Gasteiger partial charge < -0.3 is 11.1 Å². The molecule has 4 nitrogen and oxygen atoms in total. The molecule has 1 amide bonds. The van der Waals surface area contributed by atoms with Crippen LogP contribution in [0.25, 0.3) is 0 Å². The van der Waals surface area contributed by atoms with E-state index in [-0.39, 0.29) is 0 Å². The molecule has 1 aromatic heterocycles. The van der Waals surface area contributed by atoms with Gasteiger partial charge >= 0.3 is 0 Å². The summed E-state index contributed by atoms with van der Waals surface area (Å²) in [6.45, 7) is 0.615. The van der Waals surface area contributed by atoms with Crippen molar-refractivity contribution in [2.45, 2.75) is 6.54 Å². The Bertz CT molecular complexity index is 572. The summed E-state index contributed by atoms with van der Waals surface area (Å²) in [6.07, 6.45) is 3.08. The lowest BCUT2D eigenvalue weighted by Gasteiger charge is -2.09. The minimum atomic E-state index is -0.486. The minimum absolute atomic E-state index is 0.396. The van der Waals surface area contributed by atoms with Crippen LogP contribution in [0, 0.1) is 0 Å². The number of halogens is 1. The molecule has 0 aliphatic carbocycles. The molecule has 18 heavy (non-hydrogen) atoms. The number of benzene rings is 1. The van der Waals surface area contributed by atoms with Gasteiger partial charge in [-0.3, -0.25) is 9.78 Å².